The molecule has 0 saturated heterocycles. The predicted molar refractivity (Wildman–Crippen MR) is 84.3 cm³/mol. The first kappa shape index (κ1) is 18.5. The minimum Gasteiger partial charge on any atom is -0.380 e. The first-order chi connectivity index (χ1) is 9.81. The van der Waals surface area contributed by atoms with E-state index in [1.54, 1.807) is 4.68 Å². The Hall–Kier alpha value is -0.590. The lowest BCUT2D eigenvalue weighted by Gasteiger charge is -2.09. The van der Waals surface area contributed by atoms with Gasteiger partial charge < -0.3 is 4.74 Å². The molecule has 0 aliphatic carbocycles. The van der Waals surface area contributed by atoms with Crippen molar-refractivity contribution in [2.24, 2.45) is 5.92 Å². The Bertz CT molecular complexity index is 553. The Labute approximate surface area is 132 Å². The van der Waals surface area contributed by atoms with Crippen molar-refractivity contribution in [2.45, 2.75) is 58.4 Å². The quantitative estimate of drug-likeness (QED) is 0.513. The highest BCUT2D eigenvalue weighted by Crippen LogP contribution is 2.25. The zero-order chi connectivity index (χ0) is 16.0. The van der Waals surface area contributed by atoms with E-state index in [1.165, 1.54) is 0 Å². The van der Waals surface area contributed by atoms with Crippen LogP contribution >= 0.6 is 10.7 Å². The molecule has 21 heavy (non-hydrogen) atoms. The van der Waals surface area contributed by atoms with Gasteiger partial charge in [0.1, 0.15) is 4.90 Å². The van der Waals surface area contributed by atoms with Gasteiger partial charge in [0.25, 0.3) is 9.05 Å². The third-order valence-corrected chi connectivity index (χ3v) is 4.70. The number of halogens is 1. The molecule has 0 bridgehead atoms. The number of aryl methyl sites for hydroxylation is 1. The van der Waals surface area contributed by atoms with Crippen molar-refractivity contribution in [1.29, 1.82) is 0 Å². The lowest BCUT2D eigenvalue weighted by Crippen LogP contribution is -2.12. The van der Waals surface area contributed by atoms with Crippen molar-refractivity contribution in [1.82, 2.24) is 9.78 Å². The predicted octanol–water partition coefficient (Wildman–Crippen LogP) is 3.00. The van der Waals surface area contributed by atoms with Crippen LogP contribution in [0.3, 0.4) is 0 Å². The fraction of sp³-hybridized carbons (Fsp3) is 0.786. The molecule has 0 aromatic carbocycles. The molecule has 0 amide bonds. The minimum absolute atomic E-state index is 0.177. The van der Waals surface area contributed by atoms with Crippen molar-refractivity contribution in [3.8, 4) is 0 Å². The summed E-state index contributed by atoms with van der Waals surface area (Å²) in [6.07, 6.45) is 2.12. The molecule has 1 heterocycles. The summed E-state index contributed by atoms with van der Waals surface area (Å²) in [6, 6.07) is 0. The normalized spacial score (nSPS) is 12.3. The average molecular weight is 337 g/mol. The van der Waals surface area contributed by atoms with E-state index in [4.69, 9.17) is 15.4 Å². The molecule has 0 N–H and O–H groups in total. The van der Waals surface area contributed by atoms with Gasteiger partial charge in [-0.2, -0.15) is 5.10 Å². The van der Waals surface area contributed by atoms with Crippen molar-refractivity contribution in [2.75, 3.05) is 13.2 Å². The van der Waals surface area contributed by atoms with Crippen LogP contribution in [0.4, 0.5) is 0 Å². The maximum absolute atomic E-state index is 11.7. The molecular weight excluding hydrogens is 312 g/mol. The van der Waals surface area contributed by atoms with Crippen molar-refractivity contribution >= 4 is 19.7 Å². The Morgan fingerprint density at radius 2 is 1.90 bits per heavy atom. The number of aromatic nitrogens is 2. The van der Waals surface area contributed by atoms with E-state index in [2.05, 4.69) is 18.9 Å². The van der Waals surface area contributed by atoms with Crippen LogP contribution in [0.25, 0.3) is 0 Å². The van der Waals surface area contributed by atoms with Gasteiger partial charge >= 0.3 is 0 Å². The molecule has 1 aromatic rings. The highest BCUT2D eigenvalue weighted by Gasteiger charge is 2.25. The average Bonchev–Trinajstić information content (AvgIpc) is 2.75. The Balaban J connectivity index is 2.81. The fourth-order valence-electron chi connectivity index (χ4n) is 2.15. The Morgan fingerprint density at radius 3 is 2.38 bits per heavy atom. The molecule has 7 heteroatoms. The lowest BCUT2D eigenvalue weighted by atomic mass is 10.1. The van der Waals surface area contributed by atoms with Crippen molar-refractivity contribution < 1.29 is 13.2 Å². The van der Waals surface area contributed by atoms with E-state index in [9.17, 15) is 8.42 Å². The number of rotatable bonds is 9. The smallest absolute Gasteiger partial charge is 0.264 e. The summed E-state index contributed by atoms with van der Waals surface area (Å²) in [4.78, 5) is 0.177. The van der Waals surface area contributed by atoms with E-state index < -0.39 is 9.05 Å². The van der Waals surface area contributed by atoms with E-state index >= 15 is 0 Å². The standard InChI is InChI=1S/C14H25ClN2O3S/c1-5-12-14(21(15,18)19)13(6-2)17(16-12)8-10-20-9-7-11(3)4/h11H,5-10H2,1-4H3. The van der Waals surface area contributed by atoms with Crippen LogP contribution in [-0.4, -0.2) is 31.4 Å². The number of hydrogen-bond donors (Lipinski definition) is 0. The van der Waals surface area contributed by atoms with E-state index in [0.717, 1.165) is 6.42 Å². The summed E-state index contributed by atoms with van der Waals surface area (Å²) in [5.41, 5.74) is 1.19. The van der Waals surface area contributed by atoms with Crippen LogP contribution in [0.5, 0.6) is 0 Å². The molecule has 0 atom stereocenters. The first-order valence-corrected chi connectivity index (χ1v) is 9.73. The summed E-state index contributed by atoms with van der Waals surface area (Å²) >= 11 is 0. The molecule has 0 radical (unpaired) electrons. The second kappa shape index (κ2) is 8.15. The highest BCUT2D eigenvalue weighted by molar-refractivity contribution is 8.13. The maximum atomic E-state index is 11.7. The highest BCUT2D eigenvalue weighted by atomic mass is 35.7. The molecule has 0 saturated carbocycles. The fourth-order valence-corrected chi connectivity index (χ4v) is 3.68. The number of hydrogen-bond acceptors (Lipinski definition) is 4. The molecule has 1 aromatic heterocycles. The topological polar surface area (TPSA) is 61.2 Å². The zero-order valence-electron chi connectivity index (χ0n) is 13.2. The van der Waals surface area contributed by atoms with Crippen LogP contribution in [0.15, 0.2) is 4.90 Å². The van der Waals surface area contributed by atoms with Gasteiger partial charge in [0.15, 0.2) is 0 Å². The van der Waals surface area contributed by atoms with Crippen molar-refractivity contribution in [3.05, 3.63) is 11.4 Å². The zero-order valence-corrected chi connectivity index (χ0v) is 14.8. The molecule has 1 rings (SSSR count). The Kier molecular flexibility index (Phi) is 7.16. The van der Waals surface area contributed by atoms with Gasteiger partial charge in [-0.05, 0) is 25.2 Å². The largest absolute Gasteiger partial charge is 0.380 e. The Morgan fingerprint density at radius 1 is 1.24 bits per heavy atom. The molecule has 0 aliphatic heterocycles. The molecule has 122 valence electrons. The van der Waals surface area contributed by atoms with Gasteiger partial charge in [0, 0.05) is 17.3 Å². The molecule has 0 unspecified atom stereocenters. The third kappa shape index (κ3) is 5.27. The van der Waals surface area contributed by atoms with Gasteiger partial charge in [-0.1, -0.05) is 27.7 Å². The SMILES string of the molecule is CCc1nn(CCOCCC(C)C)c(CC)c1S(=O)(=O)Cl. The first-order valence-electron chi connectivity index (χ1n) is 7.42. The number of nitrogens with zero attached hydrogens (tertiary/aromatic N) is 2. The van der Waals surface area contributed by atoms with Crippen molar-refractivity contribution in [3.63, 3.8) is 0 Å². The van der Waals surface area contributed by atoms with E-state index in [-0.39, 0.29) is 4.90 Å². The van der Waals surface area contributed by atoms with Gasteiger partial charge in [-0.15, -0.1) is 0 Å². The summed E-state index contributed by atoms with van der Waals surface area (Å²) in [5.74, 6) is 0.612. The monoisotopic (exact) mass is 336 g/mol. The van der Waals surface area contributed by atoms with Gasteiger partial charge in [-0.25, -0.2) is 8.42 Å². The van der Waals surface area contributed by atoms with Crippen LogP contribution in [-0.2, 0) is 33.2 Å². The second-order valence-electron chi connectivity index (χ2n) is 5.39. The maximum Gasteiger partial charge on any atom is 0.264 e. The van der Waals surface area contributed by atoms with Crippen LogP contribution < -0.4 is 0 Å². The molecule has 0 fully saturated rings. The van der Waals surface area contributed by atoms with Crippen LogP contribution in [0.2, 0.25) is 0 Å². The molecule has 5 nitrogen and oxygen atoms in total. The summed E-state index contributed by atoms with van der Waals surface area (Å²) in [7, 11) is 1.78. The molecular formula is C14H25ClN2O3S. The lowest BCUT2D eigenvalue weighted by molar-refractivity contribution is 0.113. The van der Waals surface area contributed by atoms with E-state index in [0.29, 0.717) is 49.9 Å². The van der Waals surface area contributed by atoms with Gasteiger partial charge in [0.05, 0.1) is 24.5 Å². The van der Waals surface area contributed by atoms with Crippen LogP contribution in [0, 0.1) is 5.92 Å². The van der Waals surface area contributed by atoms with Crippen LogP contribution in [0.1, 0.15) is 45.5 Å². The third-order valence-electron chi connectivity index (χ3n) is 3.28. The minimum atomic E-state index is -3.77. The number of ether oxygens (including phenoxy) is 1. The molecule has 0 spiro atoms. The second-order valence-corrected chi connectivity index (χ2v) is 7.89. The summed E-state index contributed by atoms with van der Waals surface area (Å²) in [6.45, 7) is 9.85. The van der Waals surface area contributed by atoms with E-state index in [1.807, 2.05) is 13.8 Å². The molecule has 0 aliphatic rings. The summed E-state index contributed by atoms with van der Waals surface area (Å²) < 4.78 is 30.8. The van der Waals surface area contributed by atoms with Gasteiger partial charge in [0.2, 0.25) is 0 Å². The van der Waals surface area contributed by atoms with Gasteiger partial charge in [-0.3, -0.25) is 4.68 Å². The summed E-state index contributed by atoms with van der Waals surface area (Å²) in [5, 5.41) is 4.37.